The van der Waals surface area contributed by atoms with Gasteiger partial charge in [0.05, 0.1) is 18.7 Å². The molecule has 0 fully saturated rings. The SMILES string of the molecule is CCOCCC(=O)Nc1ccc(C(N)=S)cc1F. The third-order valence-corrected chi connectivity index (χ3v) is 2.44. The number of carbonyl (C=O) groups excluding carboxylic acids is 1. The fourth-order valence-electron chi connectivity index (χ4n) is 1.29. The topological polar surface area (TPSA) is 64.3 Å². The maximum atomic E-state index is 13.6. The van der Waals surface area contributed by atoms with Crippen LogP contribution in [0.4, 0.5) is 10.1 Å². The lowest BCUT2D eigenvalue weighted by Gasteiger charge is -2.07. The van der Waals surface area contributed by atoms with Crippen molar-refractivity contribution in [3.05, 3.63) is 29.6 Å². The van der Waals surface area contributed by atoms with E-state index in [0.717, 1.165) is 0 Å². The summed E-state index contributed by atoms with van der Waals surface area (Å²) in [6, 6.07) is 4.19. The molecule has 0 atom stereocenters. The summed E-state index contributed by atoms with van der Waals surface area (Å²) in [5.41, 5.74) is 5.91. The Balaban J connectivity index is 2.62. The number of hydrogen-bond acceptors (Lipinski definition) is 3. The van der Waals surface area contributed by atoms with Gasteiger partial charge in [-0.15, -0.1) is 0 Å². The van der Waals surface area contributed by atoms with E-state index in [1.165, 1.54) is 12.1 Å². The summed E-state index contributed by atoms with van der Waals surface area (Å²) in [5.74, 6) is -0.865. The van der Waals surface area contributed by atoms with Crippen LogP contribution in [0.25, 0.3) is 0 Å². The van der Waals surface area contributed by atoms with Crippen molar-refractivity contribution in [1.82, 2.24) is 0 Å². The Kier molecular flexibility index (Phi) is 5.67. The molecular weight excluding hydrogens is 255 g/mol. The minimum absolute atomic E-state index is 0.108. The fraction of sp³-hybridized carbons (Fsp3) is 0.333. The minimum atomic E-state index is -0.565. The van der Waals surface area contributed by atoms with Gasteiger partial charge in [0.15, 0.2) is 0 Å². The smallest absolute Gasteiger partial charge is 0.226 e. The Hall–Kier alpha value is -1.53. The Bertz CT molecular complexity index is 452. The van der Waals surface area contributed by atoms with Crippen LogP contribution in [0, 0.1) is 5.82 Å². The highest BCUT2D eigenvalue weighted by atomic mass is 32.1. The molecule has 3 N–H and O–H groups in total. The number of rotatable bonds is 6. The number of ether oxygens (including phenoxy) is 1. The zero-order valence-corrected chi connectivity index (χ0v) is 10.8. The molecule has 18 heavy (non-hydrogen) atoms. The molecule has 0 saturated heterocycles. The number of halogens is 1. The van der Waals surface area contributed by atoms with Crippen LogP contribution < -0.4 is 11.1 Å². The number of hydrogen-bond donors (Lipinski definition) is 2. The molecule has 0 aliphatic rings. The van der Waals surface area contributed by atoms with Gasteiger partial charge in [-0.05, 0) is 25.1 Å². The molecule has 0 radical (unpaired) electrons. The van der Waals surface area contributed by atoms with E-state index in [4.69, 9.17) is 22.7 Å². The zero-order valence-electron chi connectivity index (χ0n) is 10.0. The first-order chi connectivity index (χ1) is 8.54. The third-order valence-electron chi connectivity index (χ3n) is 2.21. The second kappa shape index (κ2) is 7.03. The largest absolute Gasteiger partial charge is 0.389 e. The number of anilines is 1. The maximum Gasteiger partial charge on any atom is 0.226 e. The standard InChI is InChI=1S/C12H15FN2O2S/c1-2-17-6-5-11(16)15-10-4-3-8(12(14)18)7-9(10)13/h3-4,7H,2,5-6H2,1H3,(H2,14,18)(H,15,16). The highest BCUT2D eigenvalue weighted by Gasteiger charge is 2.08. The lowest BCUT2D eigenvalue weighted by Crippen LogP contribution is -2.16. The van der Waals surface area contributed by atoms with Crippen LogP contribution in [-0.2, 0) is 9.53 Å². The first-order valence-corrected chi connectivity index (χ1v) is 5.92. The van der Waals surface area contributed by atoms with Gasteiger partial charge < -0.3 is 15.8 Å². The molecular formula is C12H15FN2O2S. The minimum Gasteiger partial charge on any atom is -0.389 e. The maximum absolute atomic E-state index is 13.6. The van der Waals surface area contributed by atoms with Crippen molar-refractivity contribution >= 4 is 28.8 Å². The molecule has 0 saturated carbocycles. The average Bonchev–Trinajstić information content (AvgIpc) is 2.32. The predicted molar refractivity (Wildman–Crippen MR) is 72.0 cm³/mol. The van der Waals surface area contributed by atoms with Gasteiger partial charge in [-0.1, -0.05) is 12.2 Å². The average molecular weight is 270 g/mol. The van der Waals surface area contributed by atoms with E-state index >= 15 is 0 Å². The summed E-state index contributed by atoms with van der Waals surface area (Å²) < 4.78 is 18.6. The summed E-state index contributed by atoms with van der Waals surface area (Å²) in [6.07, 6.45) is 0.185. The van der Waals surface area contributed by atoms with Crippen molar-refractivity contribution in [3.8, 4) is 0 Å². The molecule has 0 unspecified atom stereocenters. The van der Waals surface area contributed by atoms with Crippen molar-refractivity contribution in [1.29, 1.82) is 0 Å². The number of nitrogens with two attached hydrogens (primary N) is 1. The molecule has 0 spiro atoms. The monoisotopic (exact) mass is 270 g/mol. The molecule has 0 bridgehead atoms. The Morgan fingerprint density at radius 2 is 2.28 bits per heavy atom. The number of carbonyl (C=O) groups is 1. The van der Waals surface area contributed by atoms with Gasteiger partial charge in [-0.3, -0.25) is 4.79 Å². The number of amides is 1. The molecule has 0 aliphatic heterocycles. The molecule has 1 amide bonds. The molecule has 0 heterocycles. The van der Waals surface area contributed by atoms with E-state index in [9.17, 15) is 9.18 Å². The molecule has 1 rings (SSSR count). The molecule has 6 heteroatoms. The van der Waals surface area contributed by atoms with Crippen LogP contribution >= 0.6 is 12.2 Å². The summed E-state index contributed by atoms with van der Waals surface area (Å²) in [4.78, 5) is 11.6. The van der Waals surface area contributed by atoms with Gasteiger partial charge in [0, 0.05) is 12.2 Å². The van der Waals surface area contributed by atoms with Gasteiger partial charge >= 0.3 is 0 Å². The Morgan fingerprint density at radius 1 is 1.56 bits per heavy atom. The number of nitrogens with one attached hydrogen (secondary N) is 1. The van der Waals surface area contributed by atoms with E-state index < -0.39 is 5.82 Å². The van der Waals surface area contributed by atoms with Gasteiger partial charge in [0.1, 0.15) is 10.8 Å². The third kappa shape index (κ3) is 4.38. The van der Waals surface area contributed by atoms with Crippen molar-refractivity contribution in [2.24, 2.45) is 5.73 Å². The van der Waals surface area contributed by atoms with Crippen LogP contribution in [-0.4, -0.2) is 24.1 Å². The quantitative estimate of drug-likeness (QED) is 0.611. The van der Waals surface area contributed by atoms with Crippen molar-refractivity contribution in [2.45, 2.75) is 13.3 Å². The van der Waals surface area contributed by atoms with E-state index in [1.807, 2.05) is 6.92 Å². The van der Waals surface area contributed by atoms with Gasteiger partial charge in [-0.25, -0.2) is 4.39 Å². The zero-order chi connectivity index (χ0) is 13.5. The highest BCUT2D eigenvalue weighted by molar-refractivity contribution is 7.80. The van der Waals surface area contributed by atoms with Crippen LogP contribution in [0.1, 0.15) is 18.9 Å². The molecule has 0 aromatic heterocycles. The summed E-state index contributed by atoms with van der Waals surface area (Å²) in [6.45, 7) is 2.70. The summed E-state index contributed by atoms with van der Waals surface area (Å²) >= 11 is 4.73. The number of benzene rings is 1. The summed E-state index contributed by atoms with van der Waals surface area (Å²) in [5, 5.41) is 2.46. The fourth-order valence-corrected chi connectivity index (χ4v) is 1.42. The molecule has 1 aromatic carbocycles. The summed E-state index contributed by atoms with van der Waals surface area (Å²) in [7, 11) is 0. The normalized spacial score (nSPS) is 10.1. The molecule has 1 aromatic rings. The van der Waals surface area contributed by atoms with Gasteiger partial charge in [0.25, 0.3) is 0 Å². The van der Waals surface area contributed by atoms with E-state index in [1.54, 1.807) is 6.07 Å². The van der Waals surface area contributed by atoms with E-state index in [-0.39, 0.29) is 23.0 Å². The molecule has 4 nitrogen and oxygen atoms in total. The van der Waals surface area contributed by atoms with Crippen LogP contribution in [0.3, 0.4) is 0 Å². The lowest BCUT2D eigenvalue weighted by molar-refractivity contribution is -0.117. The van der Waals surface area contributed by atoms with E-state index in [2.05, 4.69) is 5.32 Å². The second-order valence-corrected chi connectivity index (χ2v) is 3.99. The highest BCUT2D eigenvalue weighted by Crippen LogP contribution is 2.16. The first-order valence-electron chi connectivity index (χ1n) is 5.51. The van der Waals surface area contributed by atoms with Crippen LogP contribution in [0.2, 0.25) is 0 Å². The van der Waals surface area contributed by atoms with Crippen molar-refractivity contribution < 1.29 is 13.9 Å². The lowest BCUT2D eigenvalue weighted by atomic mass is 10.2. The molecule has 98 valence electrons. The van der Waals surface area contributed by atoms with Crippen LogP contribution in [0.15, 0.2) is 18.2 Å². The van der Waals surface area contributed by atoms with Gasteiger partial charge in [-0.2, -0.15) is 0 Å². The Morgan fingerprint density at radius 3 is 2.83 bits per heavy atom. The first kappa shape index (κ1) is 14.5. The van der Waals surface area contributed by atoms with Gasteiger partial charge in [0.2, 0.25) is 5.91 Å². The predicted octanol–water partition coefficient (Wildman–Crippen LogP) is 1.83. The van der Waals surface area contributed by atoms with Crippen LogP contribution in [0.5, 0.6) is 0 Å². The Labute approximate surface area is 110 Å². The second-order valence-electron chi connectivity index (χ2n) is 3.55. The van der Waals surface area contributed by atoms with E-state index in [0.29, 0.717) is 18.8 Å². The molecule has 0 aliphatic carbocycles. The number of thiocarbonyl (C=S) groups is 1. The van der Waals surface area contributed by atoms with Crippen molar-refractivity contribution in [3.63, 3.8) is 0 Å². The van der Waals surface area contributed by atoms with Crippen molar-refractivity contribution in [2.75, 3.05) is 18.5 Å².